The molecule has 2 nitrogen and oxygen atoms in total. The Bertz CT molecular complexity index is 337. The molecule has 1 aromatic heterocycles. The summed E-state index contributed by atoms with van der Waals surface area (Å²) >= 11 is 0. The van der Waals surface area contributed by atoms with Gasteiger partial charge in [-0.25, -0.2) is 0 Å². The molecule has 2 fully saturated rings. The van der Waals surface area contributed by atoms with Crippen molar-refractivity contribution >= 4 is 0 Å². The molecule has 0 atom stereocenters. The molecule has 2 aliphatic carbocycles. The van der Waals surface area contributed by atoms with Gasteiger partial charge in [-0.3, -0.25) is 4.68 Å². The van der Waals surface area contributed by atoms with Crippen LogP contribution in [0.3, 0.4) is 0 Å². The lowest BCUT2D eigenvalue weighted by Crippen LogP contribution is -2.17. The number of rotatable bonds is 3. The molecule has 0 aromatic carbocycles. The van der Waals surface area contributed by atoms with Crippen molar-refractivity contribution in [2.45, 2.75) is 63.8 Å². The summed E-state index contributed by atoms with van der Waals surface area (Å²) in [6, 6.07) is 0.718. The molecule has 0 N–H and O–H groups in total. The summed E-state index contributed by atoms with van der Waals surface area (Å²) in [5, 5.41) is 4.83. The van der Waals surface area contributed by atoms with Crippen LogP contribution in [0.1, 0.15) is 75.1 Å². The molecule has 2 aliphatic rings. The molecule has 2 heteroatoms. The fraction of sp³-hybridized carbons (Fsp3) is 0.769. The molecule has 0 spiro atoms. The van der Waals surface area contributed by atoms with Gasteiger partial charge in [0.25, 0.3) is 0 Å². The normalized spacial score (nSPS) is 22.1. The minimum atomic E-state index is 0.634. The predicted octanol–water partition coefficient (Wildman–Crippen LogP) is 3.61. The van der Waals surface area contributed by atoms with Gasteiger partial charge in [0.1, 0.15) is 0 Å². The van der Waals surface area contributed by atoms with Crippen LogP contribution < -0.4 is 0 Å². The van der Waals surface area contributed by atoms with Gasteiger partial charge >= 0.3 is 0 Å². The van der Waals surface area contributed by atoms with E-state index in [0.29, 0.717) is 5.92 Å². The largest absolute Gasteiger partial charge is 0.269 e. The first-order valence-corrected chi connectivity index (χ1v) is 6.34. The molecular weight excluding hydrogens is 184 g/mol. The molecule has 0 amide bonds. The van der Waals surface area contributed by atoms with Crippen molar-refractivity contribution in [2.75, 3.05) is 0 Å². The molecular formula is C13H20N2. The van der Waals surface area contributed by atoms with Crippen molar-refractivity contribution in [2.24, 2.45) is 0 Å². The van der Waals surface area contributed by atoms with Gasteiger partial charge in [0, 0.05) is 12.1 Å². The van der Waals surface area contributed by atoms with Crippen molar-refractivity contribution < 1.29 is 0 Å². The summed E-state index contributed by atoms with van der Waals surface area (Å²) in [5.74, 6) is 1.43. The van der Waals surface area contributed by atoms with E-state index < -0.39 is 0 Å². The topological polar surface area (TPSA) is 17.8 Å². The lowest BCUT2D eigenvalue weighted by molar-refractivity contribution is 0.288. The Balaban J connectivity index is 1.92. The molecule has 0 bridgehead atoms. The first-order chi connectivity index (χ1) is 7.25. The zero-order valence-corrected chi connectivity index (χ0v) is 9.74. The van der Waals surface area contributed by atoms with Gasteiger partial charge in [-0.15, -0.1) is 0 Å². The molecule has 15 heavy (non-hydrogen) atoms. The Morgan fingerprint density at radius 3 is 2.47 bits per heavy atom. The van der Waals surface area contributed by atoms with E-state index in [-0.39, 0.29) is 0 Å². The molecule has 3 rings (SSSR count). The second kappa shape index (κ2) is 3.36. The number of aromatic nitrogens is 2. The maximum atomic E-state index is 4.83. The molecule has 0 saturated heterocycles. The van der Waals surface area contributed by atoms with Crippen LogP contribution in [0, 0.1) is 0 Å². The Morgan fingerprint density at radius 2 is 2.00 bits per heavy atom. The van der Waals surface area contributed by atoms with Crippen molar-refractivity contribution in [3.63, 3.8) is 0 Å². The van der Waals surface area contributed by atoms with Gasteiger partial charge in [0.2, 0.25) is 0 Å². The summed E-state index contributed by atoms with van der Waals surface area (Å²) < 4.78 is 2.26. The molecule has 0 unspecified atom stereocenters. The van der Waals surface area contributed by atoms with E-state index >= 15 is 0 Å². The third-order valence-corrected chi connectivity index (χ3v) is 3.83. The highest BCUT2D eigenvalue weighted by molar-refractivity contribution is 5.27. The van der Waals surface area contributed by atoms with Gasteiger partial charge in [-0.05, 0) is 43.6 Å². The zero-order chi connectivity index (χ0) is 10.4. The lowest BCUT2D eigenvalue weighted by atomic mass is 9.93. The summed E-state index contributed by atoms with van der Waals surface area (Å²) in [7, 11) is 0. The summed E-state index contributed by atoms with van der Waals surface area (Å²) in [5.41, 5.74) is 2.92. The highest BCUT2D eigenvalue weighted by Gasteiger charge is 2.31. The number of nitrogens with zero attached hydrogens (tertiary/aromatic N) is 2. The van der Waals surface area contributed by atoms with Crippen molar-refractivity contribution in [1.29, 1.82) is 0 Å². The van der Waals surface area contributed by atoms with Crippen LogP contribution >= 0.6 is 0 Å². The maximum absolute atomic E-state index is 4.83. The second-order valence-corrected chi connectivity index (χ2v) is 5.46. The van der Waals surface area contributed by atoms with Crippen LogP contribution in [-0.4, -0.2) is 9.78 Å². The molecule has 1 heterocycles. The Labute approximate surface area is 91.7 Å². The van der Waals surface area contributed by atoms with Gasteiger partial charge in [-0.1, -0.05) is 13.8 Å². The highest BCUT2D eigenvalue weighted by atomic mass is 15.3. The third kappa shape index (κ3) is 1.60. The van der Waals surface area contributed by atoms with E-state index in [9.17, 15) is 0 Å². The Kier molecular flexibility index (Phi) is 2.11. The van der Waals surface area contributed by atoms with Crippen molar-refractivity contribution in [3.8, 4) is 0 Å². The average Bonchev–Trinajstić information content (AvgIpc) is 2.85. The first kappa shape index (κ1) is 9.44. The second-order valence-electron chi connectivity index (χ2n) is 5.46. The van der Waals surface area contributed by atoms with E-state index in [4.69, 9.17) is 5.10 Å². The summed E-state index contributed by atoms with van der Waals surface area (Å²) in [6.45, 7) is 4.57. The van der Waals surface area contributed by atoms with Gasteiger partial charge in [0.05, 0.1) is 11.7 Å². The zero-order valence-electron chi connectivity index (χ0n) is 9.74. The molecule has 0 radical (unpaired) electrons. The summed E-state index contributed by atoms with van der Waals surface area (Å²) in [6.07, 6.45) is 9.11. The van der Waals surface area contributed by atoms with Gasteiger partial charge in [0.15, 0.2) is 0 Å². The van der Waals surface area contributed by atoms with E-state index in [0.717, 1.165) is 12.0 Å². The molecule has 0 aliphatic heterocycles. The van der Waals surface area contributed by atoms with Crippen LogP contribution in [0.4, 0.5) is 0 Å². The Morgan fingerprint density at radius 1 is 1.27 bits per heavy atom. The summed E-state index contributed by atoms with van der Waals surface area (Å²) in [4.78, 5) is 0. The predicted molar refractivity (Wildman–Crippen MR) is 61.2 cm³/mol. The van der Waals surface area contributed by atoms with Crippen molar-refractivity contribution in [3.05, 3.63) is 17.5 Å². The standard InChI is InChI=1S/C13H20N2/c1-9(2)12-8-15(11-4-3-5-11)14-13(12)10-6-7-10/h8-11H,3-7H2,1-2H3. The highest BCUT2D eigenvalue weighted by Crippen LogP contribution is 2.43. The molecule has 82 valence electrons. The molecule has 2 saturated carbocycles. The van der Waals surface area contributed by atoms with Crippen molar-refractivity contribution in [1.82, 2.24) is 9.78 Å². The minimum absolute atomic E-state index is 0.634. The van der Waals surface area contributed by atoms with E-state index in [1.54, 1.807) is 0 Å². The SMILES string of the molecule is CC(C)c1cn(C2CCC2)nc1C1CC1. The van der Waals surface area contributed by atoms with E-state index in [2.05, 4.69) is 24.7 Å². The fourth-order valence-corrected chi connectivity index (χ4v) is 2.38. The van der Waals surface area contributed by atoms with E-state index in [1.165, 1.54) is 43.4 Å². The number of hydrogen-bond donors (Lipinski definition) is 0. The van der Waals surface area contributed by atoms with Crippen LogP contribution in [0.15, 0.2) is 6.20 Å². The third-order valence-electron chi connectivity index (χ3n) is 3.83. The average molecular weight is 204 g/mol. The Hall–Kier alpha value is -0.790. The minimum Gasteiger partial charge on any atom is -0.269 e. The van der Waals surface area contributed by atoms with Crippen LogP contribution in [-0.2, 0) is 0 Å². The fourth-order valence-electron chi connectivity index (χ4n) is 2.38. The van der Waals surface area contributed by atoms with Gasteiger partial charge in [-0.2, -0.15) is 5.10 Å². The lowest BCUT2D eigenvalue weighted by Gasteiger charge is -2.25. The van der Waals surface area contributed by atoms with Crippen LogP contribution in [0.5, 0.6) is 0 Å². The van der Waals surface area contributed by atoms with E-state index in [1.807, 2.05) is 0 Å². The smallest absolute Gasteiger partial charge is 0.0690 e. The van der Waals surface area contributed by atoms with Crippen LogP contribution in [0.2, 0.25) is 0 Å². The molecule has 1 aromatic rings. The number of hydrogen-bond acceptors (Lipinski definition) is 1. The van der Waals surface area contributed by atoms with Gasteiger partial charge < -0.3 is 0 Å². The first-order valence-electron chi connectivity index (χ1n) is 6.34. The monoisotopic (exact) mass is 204 g/mol. The maximum Gasteiger partial charge on any atom is 0.0690 e. The van der Waals surface area contributed by atoms with Crippen LogP contribution in [0.25, 0.3) is 0 Å². The quantitative estimate of drug-likeness (QED) is 0.735.